The van der Waals surface area contributed by atoms with Crippen molar-refractivity contribution in [2.75, 3.05) is 0 Å². The number of halogens is 2. The summed E-state index contributed by atoms with van der Waals surface area (Å²) in [6, 6.07) is 0. The summed E-state index contributed by atoms with van der Waals surface area (Å²) >= 11 is 0. The molecule has 9 heavy (non-hydrogen) atoms. The van der Waals surface area contributed by atoms with Crippen LogP contribution in [0, 0.1) is 0 Å². The van der Waals surface area contributed by atoms with Crippen molar-refractivity contribution < 1.29 is 12.8 Å². The highest BCUT2D eigenvalue weighted by Crippen LogP contribution is 2.31. The first-order valence-electron chi connectivity index (χ1n) is 2.59. The van der Waals surface area contributed by atoms with E-state index in [1.807, 2.05) is 0 Å². The molecular weight excluding hydrogens is 167 g/mol. The summed E-state index contributed by atoms with van der Waals surface area (Å²) in [5, 5.41) is -0.931. The Morgan fingerprint density at radius 3 is 2.00 bits per heavy atom. The third-order valence-electron chi connectivity index (χ3n) is 1.49. The fourth-order valence-electron chi connectivity index (χ4n) is 0.746. The second kappa shape index (κ2) is 2.09. The van der Waals surface area contributed by atoms with Gasteiger partial charge in [-0.05, 0) is 12.8 Å². The SMILES string of the molecule is O=S(=O)(Cl)[C@@H]1CC[C@@H]1F. The summed E-state index contributed by atoms with van der Waals surface area (Å²) in [6.07, 6.45) is -0.531. The first-order chi connectivity index (χ1) is 4.02. The van der Waals surface area contributed by atoms with Crippen molar-refractivity contribution in [2.24, 2.45) is 0 Å². The molecule has 1 fully saturated rings. The maximum Gasteiger partial charge on any atom is 0.238 e. The van der Waals surface area contributed by atoms with Gasteiger partial charge in [0.2, 0.25) is 9.05 Å². The molecule has 2 nitrogen and oxygen atoms in total. The maximum atomic E-state index is 12.2. The van der Waals surface area contributed by atoms with Crippen LogP contribution in [0.3, 0.4) is 0 Å². The van der Waals surface area contributed by atoms with Gasteiger partial charge in [0.05, 0.1) is 0 Å². The Morgan fingerprint density at radius 2 is 2.00 bits per heavy atom. The second-order valence-corrected chi connectivity index (χ2v) is 4.95. The van der Waals surface area contributed by atoms with Crippen LogP contribution in [0.4, 0.5) is 4.39 Å². The van der Waals surface area contributed by atoms with Crippen molar-refractivity contribution in [3.05, 3.63) is 0 Å². The molecule has 5 heteroatoms. The summed E-state index contributed by atoms with van der Waals surface area (Å²) in [6.45, 7) is 0. The van der Waals surface area contributed by atoms with Crippen LogP contribution in [0.15, 0.2) is 0 Å². The highest BCUT2D eigenvalue weighted by molar-refractivity contribution is 8.14. The van der Waals surface area contributed by atoms with Gasteiger partial charge in [-0.25, -0.2) is 12.8 Å². The summed E-state index contributed by atoms with van der Waals surface area (Å²) in [5.74, 6) is 0. The maximum absolute atomic E-state index is 12.2. The third kappa shape index (κ3) is 1.35. The Bertz CT molecular complexity index is 201. The lowest BCUT2D eigenvalue weighted by Gasteiger charge is -2.26. The molecule has 0 bridgehead atoms. The van der Waals surface area contributed by atoms with Crippen molar-refractivity contribution in [3.63, 3.8) is 0 Å². The number of rotatable bonds is 1. The fraction of sp³-hybridized carbons (Fsp3) is 1.00. The molecule has 0 heterocycles. The Balaban J connectivity index is 2.66. The second-order valence-electron chi connectivity index (χ2n) is 2.11. The van der Waals surface area contributed by atoms with Gasteiger partial charge < -0.3 is 0 Å². The van der Waals surface area contributed by atoms with E-state index >= 15 is 0 Å². The molecular formula is C4H6ClFO2S. The minimum atomic E-state index is -3.62. The lowest BCUT2D eigenvalue weighted by Crippen LogP contribution is -2.37. The van der Waals surface area contributed by atoms with Gasteiger partial charge in [-0.1, -0.05) is 0 Å². The molecule has 54 valence electrons. The Hall–Kier alpha value is 0.170. The summed E-state index contributed by atoms with van der Waals surface area (Å²) < 4.78 is 32.9. The van der Waals surface area contributed by atoms with Gasteiger partial charge in [0, 0.05) is 10.7 Å². The number of alkyl halides is 1. The third-order valence-corrected chi connectivity index (χ3v) is 3.43. The molecule has 1 rings (SSSR count). The minimum Gasteiger partial charge on any atom is -0.246 e. The highest BCUT2D eigenvalue weighted by atomic mass is 35.7. The van der Waals surface area contributed by atoms with E-state index in [9.17, 15) is 12.8 Å². The highest BCUT2D eigenvalue weighted by Gasteiger charge is 2.40. The van der Waals surface area contributed by atoms with Crippen molar-refractivity contribution in [2.45, 2.75) is 24.3 Å². The Kier molecular flexibility index (Phi) is 1.69. The summed E-state index contributed by atoms with van der Waals surface area (Å²) in [4.78, 5) is 0. The standard InChI is InChI=1S/C4H6ClFO2S/c5-9(7,8)4-2-1-3(4)6/h3-4H,1-2H2/t3-,4+/m0/s1. The van der Waals surface area contributed by atoms with Gasteiger partial charge in [-0.2, -0.15) is 0 Å². The fourth-order valence-corrected chi connectivity index (χ4v) is 2.25. The number of hydrogen-bond donors (Lipinski definition) is 0. The molecule has 0 aromatic carbocycles. The van der Waals surface area contributed by atoms with Gasteiger partial charge >= 0.3 is 0 Å². The summed E-state index contributed by atoms with van der Waals surface area (Å²) in [7, 11) is 1.24. The van der Waals surface area contributed by atoms with Crippen LogP contribution in [0.1, 0.15) is 12.8 Å². The van der Waals surface area contributed by atoms with Gasteiger partial charge in [0.1, 0.15) is 11.4 Å². The molecule has 0 aromatic rings. The first-order valence-corrected chi connectivity index (χ1v) is 4.96. The van der Waals surface area contributed by atoms with Crippen molar-refractivity contribution in [1.29, 1.82) is 0 Å². The lowest BCUT2D eigenvalue weighted by molar-refractivity contribution is 0.216. The van der Waals surface area contributed by atoms with Gasteiger partial charge in [0.15, 0.2) is 0 Å². The minimum absolute atomic E-state index is 0.330. The molecule has 1 saturated carbocycles. The van der Waals surface area contributed by atoms with Crippen molar-refractivity contribution in [1.82, 2.24) is 0 Å². The average Bonchev–Trinajstić information content (AvgIpc) is 1.57. The lowest BCUT2D eigenvalue weighted by atomic mass is 9.97. The molecule has 0 radical (unpaired) electrons. The molecule has 0 aromatic heterocycles. The number of hydrogen-bond acceptors (Lipinski definition) is 2. The molecule has 2 atom stereocenters. The predicted octanol–water partition coefficient (Wildman–Crippen LogP) is 1.06. The molecule has 0 unspecified atom stereocenters. The molecule has 1 aliphatic rings. The molecule has 0 saturated heterocycles. The van der Waals surface area contributed by atoms with Crippen LogP contribution >= 0.6 is 10.7 Å². The smallest absolute Gasteiger partial charge is 0.238 e. The zero-order valence-electron chi connectivity index (χ0n) is 4.55. The quantitative estimate of drug-likeness (QED) is 0.555. The van der Waals surface area contributed by atoms with E-state index in [-0.39, 0.29) is 0 Å². The zero-order valence-corrected chi connectivity index (χ0v) is 6.12. The van der Waals surface area contributed by atoms with E-state index in [2.05, 4.69) is 0 Å². The van der Waals surface area contributed by atoms with E-state index in [4.69, 9.17) is 10.7 Å². The molecule has 0 N–H and O–H groups in total. The van der Waals surface area contributed by atoms with Crippen LogP contribution in [0.25, 0.3) is 0 Å². The van der Waals surface area contributed by atoms with E-state index in [0.29, 0.717) is 12.8 Å². The van der Waals surface area contributed by atoms with Gasteiger partial charge in [0.25, 0.3) is 0 Å². The predicted molar refractivity (Wildman–Crippen MR) is 32.7 cm³/mol. The summed E-state index contributed by atoms with van der Waals surface area (Å²) in [5.41, 5.74) is 0. The van der Waals surface area contributed by atoms with Crippen LogP contribution in [-0.2, 0) is 9.05 Å². The van der Waals surface area contributed by atoms with E-state index in [1.165, 1.54) is 0 Å². The van der Waals surface area contributed by atoms with Crippen LogP contribution in [0.2, 0.25) is 0 Å². The normalized spacial score (nSPS) is 35.8. The van der Waals surface area contributed by atoms with Crippen molar-refractivity contribution in [3.8, 4) is 0 Å². The molecule has 0 aliphatic heterocycles. The van der Waals surface area contributed by atoms with E-state index in [1.54, 1.807) is 0 Å². The zero-order chi connectivity index (χ0) is 7.07. The molecule has 1 aliphatic carbocycles. The molecule has 0 amide bonds. The van der Waals surface area contributed by atoms with Crippen molar-refractivity contribution >= 4 is 19.7 Å². The monoisotopic (exact) mass is 172 g/mol. The van der Waals surface area contributed by atoms with E-state index < -0.39 is 20.5 Å². The average molecular weight is 173 g/mol. The van der Waals surface area contributed by atoms with Crippen LogP contribution in [-0.4, -0.2) is 19.8 Å². The van der Waals surface area contributed by atoms with Gasteiger partial charge in [-0.3, -0.25) is 0 Å². The van der Waals surface area contributed by atoms with Gasteiger partial charge in [-0.15, -0.1) is 0 Å². The van der Waals surface area contributed by atoms with Crippen LogP contribution in [0.5, 0.6) is 0 Å². The molecule has 0 spiro atoms. The Labute approximate surface area is 57.4 Å². The van der Waals surface area contributed by atoms with E-state index in [0.717, 1.165) is 0 Å². The topological polar surface area (TPSA) is 34.1 Å². The van der Waals surface area contributed by atoms with Crippen LogP contribution < -0.4 is 0 Å². The Morgan fingerprint density at radius 1 is 1.44 bits per heavy atom. The largest absolute Gasteiger partial charge is 0.246 e. The first kappa shape index (κ1) is 7.28.